The number of fused-ring (bicyclic) bond motifs is 1. The zero-order valence-electron chi connectivity index (χ0n) is 13.1. The van der Waals surface area contributed by atoms with Gasteiger partial charge in [-0.05, 0) is 31.2 Å². The fourth-order valence-corrected chi connectivity index (χ4v) is 4.78. The van der Waals surface area contributed by atoms with Gasteiger partial charge in [0.2, 0.25) is 0 Å². The molecule has 122 valence electrons. The summed E-state index contributed by atoms with van der Waals surface area (Å²) >= 11 is 1.80. The molecular weight excluding hydrogens is 314 g/mol. The van der Waals surface area contributed by atoms with Crippen LogP contribution in [0, 0.1) is 5.92 Å². The summed E-state index contributed by atoms with van der Waals surface area (Å²) in [5.41, 5.74) is 1.39. The largest absolute Gasteiger partial charge is 0.338 e. The number of quaternary nitrogens is 1. The van der Waals surface area contributed by atoms with Crippen molar-refractivity contribution in [2.75, 3.05) is 19.8 Å². The molecule has 0 radical (unpaired) electrons. The number of hydrogen-bond donors (Lipinski definition) is 1. The number of urea groups is 1. The van der Waals surface area contributed by atoms with E-state index in [1.807, 2.05) is 0 Å². The molecule has 1 unspecified atom stereocenters. The molecule has 1 aromatic rings. The van der Waals surface area contributed by atoms with Crippen LogP contribution < -0.4 is 4.90 Å². The number of thiophene rings is 1. The van der Waals surface area contributed by atoms with Gasteiger partial charge in [-0.3, -0.25) is 14.5 Å². The minimum Gasteiger partial charge on any atom is -0.311 e. The highest BCUT2D eigenvalue weighted by atomic mass is 32.1. The van der Waals surface area contributed by atoms with E-state index < -0.39 is 17.8 Å². The fourth-order valence-electron chi connectivity index (χ4n) is 3.85. The van der Waals surface area contributed by atoms with Crippen molar-refractivity contribution in [2.45, 2.75) is 32.2 Å². The molecule has 1 N–H and O–H groups in total. The highest BCUT2D eigenvalue weighted by Crippen LogP contribution is 2.42. The van der Waals surface area contributed by atoms with Gasteiger partial charge in [0.1, 0.15) is 6.04 Å². The molecule has 3 aliphatic rings. The van der Waals surface area contributed by atoms with Crippen LogP contribution in [0.25, 0.3) is 0 Å². The third-order valence-electron chi connectivity index (χ3n) is 5.13. The first-order valence-electron chi connectivity index (χ1n) is 8.20. The number of hydrogen-bond acceptors (Lipinski definition) is 4. The van der Waals surface area contributed by atoms with Gasteiger partial charge in [-0.2, -0.15) is 0 Å². The Morgan fingerprint density at radius 2 is 1.96 bits per heavy atom. The second-order valence-corrected chi connectivity index (χ2v) is 7.50. The van der Waals surface area contributed by atoms with Gasteiger partial charge in [-0.15, -0.1) is 11.3 Å². The summed E-state index contributed by atoms with van der Waals surface area (Å²) in [6, 6.07) is 2.09. The molecule has 1 aromatic heterocycles. The number of nitrogens with one attached hydrogen (secondary N) is 1. The minimum atomic E-state index is -0.687. The van der Waals surface area contributed by atoms with Crippen molar-refractivity contribution in [2.24, 2.45) is 5.92 Å². The summed E-state index contributed by atoms with van der Waals surface area (Å²) in [6.45, 7) is 3.17. The first-order valence-corrected chi connectivity index (χ1v) is 9.08. The average molecular weight is 334 g/mol. The van der Waals surface area contributed by atoms with Crippen LogP contribution in [0.4, 0.5) is 4.79 Å². The topological polar surface area (TPSA) is 62.1 Å². The molecule has 4 rings (SSSR count). The van der Waals surface area contributed by atoms with Gasteiger partial charge in [0.25, 0.3) is 0 Å². The minimum absolute atomic E-state index is 0.246. The Morgan fingerprint density at radius 3 is 2.61 bits per heavy atom. The summed E-state index contributed by atoms with van der Waals surface area (Å²) in [7, 11) is 0. The second-order valence-electron chi connectivity index (χ2n) is 6.50. The number of likely N-dealkylation sites (N-methyl/N-ethyl adjacent to an activating group) is 1. The molecule has 23 heavy (non-hydrogen) atoms. The third kappa shape index (κ3) is 2.30. The van der Waals surface area contributed by atoms with Crippen molar-refractivity contribution >= 4 is 29.2 Å². The molecule has 2 aliphatic heterocycles. The van der Waals surface area contributed by atoms with Gasteiger partial charge in [0, 0.05) is 29.3 Å². The first-order chi connectivity index (χ1) is 11.1. The van der Waals surface area contributed by atoms with Gasteiger partial charge in [0.05, 0.1) is 6.54 Å². The summed E-state index contributed by atoms with van der Waals surface area (Å²) in [5.74, 6) is -0.715. The van der Waals surface area contributed by atoms with Crippen molar-refractivity contribution in [1.29, 1.82) is 0 Å². The number of carbonyl (C=O) groups excluding carboxylic acids is 3. The third-order valence-corrected chi connectivity index (χ3v) is 6.13. The Labute approximate surface area is 138 Å². The number of imide groups is 2. The Hall–Kier alpha value is -1.73. The van der Waals surface area contributed by atoms with Crippen molar-refractivity contribution in [3.63, 3.8) is 0 Å². The van der Waals surface area contributed by atoms with Gasteiger partial charge < -0.3 is 4.90 Å². The van der Waals surface area contributed by atoms with Gasteiger partial charge in [-0.25, -0.2) is 9.69 Å². The number of amides is 4. The standard InChI is InChI=1S/C16H19N3O3S/c1-2-18-14(20)15(21)19(16(18)22)9-17-7-5-12-11(6-8-23-12)13(17)10-3-4-10/h6,8,10,13H,2-5,7,9H2,1H3/p+1/t13-/m0/s1. The van der Waals surface area contributed by atoms with Crippen LogP contribution >= 0.6 is 11.3 Å². The zero-order valence-corrected chi connectivity index (χ0v) is 13.9. The normalized spacial score (nSPS) is 27.8. The average Bonchev–Trinajstić information content (AvgIpc) is 3.23. The zero-order chi connectivity index (χ0) is 16.1. The molecule has 4 amide bonds. The van der Waals surface area contributed by atoms with E-state index in [9.17, 15) is 14.4 Å². The lowest BCUT2D eigenvalue weighted by Crippen LogP contribution is -3.15. The summed E-state index contributed by atoms with van der Waals surface area (Å²) in [4.78, 5) is 41.2. The maximum absolute atomic E-state index is 12.3. The SMILES string of the molecule is CCN1C(=O)C(=O)N(C[NH+]2CCc3sccc3[C@@H]2C2CC2)C1=O. The number of rotatable bonds is 4. The molecule has 1 saturated heterocycles. The van der Waals surface area contributed by atoms with Crippen LogP contribution in [-0.2, 0) is 16.0 Å². The summed E-state index contributed by atoms with van der Waals surface area (Å²) in [6.07, 6.45) is 3.41. The highest BCUT2D eigenvalue weighted by Gasteiger charge is 2.49. The lowest BCUT2D eigenvalue weighted by molar-refractivity contribution is -0.943. The lowest BCUT2D eigenvalue weighted by atomic mass is 9.96. The van der Waals surface area contributed by atoms with Crippen molar-refractivity contribution in [1.82, 2.24) is 9.80 Å². The van der Waals surface area contributed by atoms with Gasteiger partial charge in [-0.1, -0.05) is 0 Å². The van der Waals surface area contributed by atoms with E-state index in [1.165, 1.54) is 28.2 Å². The van der Waals surface area contributed by atoms with Crippen LogP contribution in [0.15, 0.2) is 11.4 Å². The summed E-state index contributed by atoms with van der Waals surface area (Å²) < 4.78 is 0. The van der Waals surface area contributed by atoms with Crippen LogP contribution in [0.1, 0.15) is 36.2 Å². The lowest BCUT2D eigenvalue weighted by Gasteiger charge is -2.34. The van der Waals surface area contributed by atoms with Crippen molar-refractivity contribution in [3.05, 3.63) is 21.9 Å². The molecule has 0 spiro atoms. The molecule has 1 saturated carbocycles. The molecule has 1 aliphatic carbocycles. The highest BCUT2D eigenvalue weighted by molar-refractivity contribution is 7.10. The number of carbonyl (C=O) groups is 3. The maximum atomic E-state index is 12.3. The van der Waals surface area contributed by atoms with E-state index in [0.717, 1.165) is 22.8 Å². The van der Waals surface area contributed by atoms with Gasteiger partial charge >= 0.3 is 17.8 Å². The Kier molecular flexibility index (Phi) is 3.50. The Morgan fingerprint density at radius 1 is 1.22 bits per heavy atom. The molecule has 7 heteroatoms. The smallest absolute Gasteiger partial charge is 0.311 e. The van der Waals surface area contributed by atoms with Crippen molar-refractivity contribution in [3.8, 4) is 0 Å². The summed E-state index contributed by atoms with van der Waals surface area (Å²) in [5, 5.41) is 2.14. The number of nitrogens with zero attached hydrogens (tertiary/aromatic N) is 2. The molecule has 0 aromatic carbocycles. The predicted octanol–water partition coefficient (Wildman–Crippen LogP) is 0.408. The molecule has 6 nitrogen and oxygen atoms in total. The molecule has 2 atom stereocenters. The molecule has 2 fully saturated rings. The second kappa shape index (κ2) is 5.42. The van der Waals surface area contributed by atoms with E-state index in [0.29, 0.717) is 18.6 Å². The predicted molar refractivity (Wildman–Crippen MR) is 83.8 cm³/mol. The Balaban J connectivity index is 1.58. The maximum Gasteiger partial charge on any atom is 0.338 e. The molecular formula is C16H20N3O3S+. The Bertz CT molecular complexity index is 682. The van der Waals surface area contributed by atoms with Crippen LogP contribution in [0.2, 0.25) is 0 Å². The monoisotopic (exact) mass is 334 g/mol. The van der Waals surface area contributed by atoms with E-state index in [1.54, 1.807) is 18.3 Å². The fraction of sp³-hybridized carbons (Fsp3) is 0.562. The van der Waals surface area contributed by atoms with Crippen molar-refractivity contribution < 1.29 is 19.3 Å². The van der Waals surface area contributed by atoms with E-state index in [2.05, 4.69) is 11.4 Å². The van der Waals surface area contributed by atoms with E-state index in [-0.39, 0.29) is 6.54 Å². The van der Waals surface area contributed by atoms with E-state index >= 15 is 0 Å². The quantitative estimate of drug-likeness (QED) is 0.641. The molecule has 3 heterocycles. The van der Waals surface area contributed by atoms with Crippen LogP contribution in [0.5, 0.6) is 0 Å². The molecule has 0 bridgehead atoms. The van der Waals surface area contributed by atoms with E-state index in [4.69, 9.17) is 0 Å². The van der Waals surface area contributed by atoms with Crippen LogP contribution in [-0.4, -0.2) is 47.4 Å². The first kappa shape index (κ1) is 14.8. The van der Waals surface area contributed by atoms with Crippen LogP contribution in [0.3, 0.4) is 0 Å². The van der Waals surface area contributed by atoms with Gasteiger partial charge in [0.15, 0.2) is 6.67 Å².